The van der Waals surface area contributed by atoms with E-state index >= 15 is 0 Å². The Hall–Kier alpha value is -1.44. The number of ether oxygens (including phenoxy) is 1. The van der Waals surface area contributed by atoms with E-state index < -0.39 is 10.0 Å². The van der Waals surface area contributed by atoms with Gasteiger partial charge in [-0.1, -0.05) is 6.07 Å². The molecule has 0 saturated carbocycles. The van der Waals surface area contributed by atoms with Crippen molar-refractivity contribution in [3.8, 4) is 0 Å². The largest absolute Gasteiger partial charge is 0.381 e. The molecule has 21 heavy (non-hydrogen) atoms. The molecule has 0 aliphatic carbocycles. The van der Waals surface area contributed by atoms with Gasteiger partial charge in [-0.2, -0.15) is 0 Å². The van der Waals surface area contributed by atoms with Gasteiger partial charge in [0.2, 0.25) is 10.0 Å². The molecule has 1 aliphatic rings. The van der Waals surface area contributed by atoms with Crippen LogP contribution >= 0.6 is 0 Å². The van der Waals surface area contributed by atoms with Crippen molar-refractivity contribution in [3.63, 3.8) is 0 Å². The molecule has 1 aromatic carbocycles. The number of sulfonamides is 1. The third kappa shape index (κ3) is 4.26. The summed E-state index contributed by atoms with van der Waals surface area (Å²) in [5, 5.41) is 7.90. The Bertz CT molecular complexity index is 622. The highest BCUT2D eigenvalue weighted by Crippen LogP contribution is 2.16. The lowest BCUT2D eigenvalue weighted by molar-refractivity contribution is 0.0949. The number of carbonyl (C=O) groups is 1. The Morgan fingerprint density at radius 1 is 1.48 bits per heavy atom. The monoisotopic (exact) mass is 312 g/mol. The Morgan fingerprint density at radius 2 is 2.24 bits per heavy atom. The number of carbonyl (C=O) groups excluding carboxylic acids is 1. The normalized spacial score (nSPS) is 18.7. The van der Waals surface area contributed by atoms with E-state index in [1.807, 2.05) is 0 Å². The predicted molar refractivity (Wildman–Crippen MR) is 78.4 cm³/mol. The number of rotatable bonds is 5. The van der Waals surface area contributed by atoms with Crippen molar-refractivity contribution in [2.75, 3.05) is 19.8 Å². The van der Waals surface area contributed by atoms with Gasteiger partial charge in [0.05, 0.1) is 4.90 Å². The Balaban J connectivity index is 2.01. The van der Waals surface area contributed by atoms with Crippen molar-refractivity contribution in [2.45, 2.75) is 24.7 Å². The molecular weight excluding hydrogens is 292 g/mol. The fourth-order valence-electron chi connectivity index (χ4n) is 2.32. The van der Waals surface area contributed by atoms with E-state index in [0.717, 1.165) is 26.1 Å². The second kappa shape index (κ2) is 6.55. The SMILES string of the molecule is Cc1ccc(S(N)(=O)=O)cc1C(=O)NCCC1CCOC1. The van der Waals surface area contributed by atoms with Crippen molar-refractivity contribution in [3.05, 3.63) is 29.3 Å². The highest BCUT2D eigenvalue weighted by molar-refractivity contribution is 7.89. The van der Waals surface area contributed by atoms with Crippen LogP contribution in [0, 0.1) is 12.8 Å². The van der Waals surface area contributed by atoms with Crippen LogP contribution in [-0.2, 0) is 14.8 Å². The van der Waals surface area contributed by atoms with Crippen LogP contribution in [0.15, 0.2) is 23.1 Å². The quantitative estimate of drug-likeness (QED) is 0.840. The molecule has 1 aliphatic heterocycles. The van der Waals surface area contributed by atoms with Crippen molar-refractivity contribution >= 4 is 15.9 Å². The molecule has 1 heterocycles. The molecule has 2 rings (SSSR count). The van der Waals surface area contributed by atoms with Crippen LogP contribution in [0.25, 0.3) is 0 Å². The standard InChI is InChI=1S/C14H20N2O4S/c1-10-2-3-12(21(15,18)19)8-13(10)14(17)16-6-4-11-5-7-20-9-11/h2-3,8,11H,4-7,9H2,1H3,(H,16,17)(H2,15,18,19). The number of benzene rings is 1. The second-order valence-electron chi connectivity index (χ2n) is 5.30. The third-order valence-electron chi connectivity index (χ3n) is 3.64. The summed E-state index contributed by atoms with van der Waals surface area (Å²) in [6.07, 6.45) is 1.88. The van der Waals surface area contributed by atoms with Gasteiger partial charge in [0.15, 0.2) is 0 Å². The lowest BCUT2D eigenvalue weighted by Gasteiger charge is -2.11. The van der Waals surface area contributed by atoms with Gasteiger partial charge in [-0.25, -0.2) is 13.6 Å². The molecule has 0 radical (unpaired) electrons. The summed E-state index contributed by atoms with van der Waals surface area (Å²) in [7, 11) is -3.81. The van der Waals surface area contributed by atoms with Gasteiger partial charge >= 0.3 is 0 Å². The van der Waals surface area contributed by atoms with Crippen LogP contribution in [0.2, 0.25) is 0 Å². The summed E-state index contributed by atoms with van der Waals surface area (Å²) in [6, 6.07) is 4.30. The minimum Gasteiger partial charge on any atom is -0.381 e. The Labute approximate surface area is 124 Å². The maximum atomic E-state index is 12.1. The van der Waals surface area contributed by atoms with Gasteiger partial charge in [-0.3, -0.25) is 4.79 Å². The zero-order valence-electron chi connectivity index (χ0n) is 12.0. The lowest BCUT2D eigenvalue weighted by Crippen LogP contribution is -2.27. The van der Waals surface area contributed by atoms with Crippen LogP contribution < -0.4 is 10.5 Å². The maximum absolute atomic E-state index is 12.1. The van der Waals surface area contributed by atoms with E-state index in [2.05, 4.69) is 5.32 Å². The summed E-state index contributed by atoms with van der Waals surface area (Å²) in [5.41, 5.74) is 1.05. The first-order valence-electron chi connectivity index (χ1n) is 6.87. The van der Waals surface area contributed by atoms with Crippen molar-refractivity contribution < 1.29 is 17.9 Å². The van der Waals surface area contributed by atoms with Crippen LogP contribution in [0.3, 0.4) is 0 Å². The third-order valence-corrected chi connectivity index (χ3v) is 4.56. The molecule has 0 aromatic heterocycles. The van der Waals surface area contributed by atoms with Gasteiger partial charge in [0.1, 0.15) is 0 Å². The molecule has 1 saturated heterocycles. The van der Waals surface area contributed by atoms with Crippen LogP contribution in [0.5, 0.6) is 0 Å². The fraction of sp³-hybridized carbons (Fsp3) is 0.500. The summed E-state index contributed by atoms with van der Waals surface area (Å²) in [5.74, 6) is 0.207. The lowest BCUT2D eigenvalue weighted by atomic mass is 10.0. The van der Waals surface area contributed by atoms with Gasteiger partial charge in [-0.15, -0.1) is 0 Å². The molecule has 6 nitrogen and oxygen atoms in total. The molecule has 3 N–H and O–H groups in total. The molecule has 0 bridgehead atoms. The minimum absolute atomic E-state index is 0.0533. The molecule has 1 aromatic rings. The average molecular weight is 312 g/mol. The Morgan fingerprint density at radius 3 is 2.86 bits per heavy atom. The second-order valence-corrected chi connectivity index (χ2v) is 6.86. The molecular formula is C14H20N2O4S. The maximum Gasteiger partial charge on any atom is 0.251 e. The number of hydrogen-bond donors (Lipinski definition) is 2. The summed E-state index contributed by atoms with van der Waals surface area (Å²) >= 11 is 0. The zero-order valence-corrected chi connectivity index (χ0v) is 12.8. The number of nitrogens with two attached hydrogens (primary N) is 1. The molecule has 1 fully saturated rings. The first-order chi connectivity index (χ1) is 9.88. The van der Waals surface area contributed by atoms with Crippen molar-refractivity contribution in [1.82, 2.24) is 5.32 Å². The summed E-state index contributed by atoms with van der Waals surface area (Å²) < 4.78 is 28.0. The van der Waals surface area contributed by atoms with E-state index in [4.69, 9.17) is 9.88 Å². The zero-order chi connectivity index (χ0) is 15.5. The minimum atomic E-state index is -3.81. The Kier molecular flexibility index (Phi) is 4.97. The van der Waals surface area contributed by atoms with E-state index in [0.29, 0.717) is 23.6 Å². The van der Waals surface area contributed by atoms with Gasteiger partial charge < -0.3 is 10.1 Å². The van der Waals surface area contributed by atoms with Crippen molar-refractivity contribution in [2.24, 2.45) is 11.1 Å². The number of primary sulfonamides is 1. The van der Waals surface area contributed by atoms with Crippen LogP contribution in [0.4, 0.5) is 0 Å². The first-order valence-corrected chi connectivity index (χ1v) is 8.42. The predicted octanol–water partition coefficient (Wildman–Crippen LogP) is 0.799. The molecule has 0 spiro atoms. The van der Waals surface area contributed by atoms with Gasteiger partial charge in [0.25, 0.3) is 5.91 Å². The van der Waals surface area contributed by atoms with Crippen LogP contribution in [-0.4, -0.2) is 34.1 Å². The van der Waals surface area contributed by atoms with Gasteiger partial charge in [-0.05, 0) is 43.4 Å². The van der Waals surface area contributed by atoms with Gasteiger partial charge in [0, 0.05) is 25.3 Å². The van der Waals surface area contributed by atoms with E-state index in [1.54, 1.807) is 13.0 Å². The summed E-state index contributed by atoms with van der Waals surface area (Å²) in [4.78, 5) is 12.1. The first kappa shape index (κ1) is 15.9. The number of nitrogens with one attached hydrogen (secondary N) is 1. The smallest absolute Gasteiger partial charge is 0.251 e. The topological polar surface area (TPSA) is 98.5 Å². The molecule has 116 valence electrons. The average Bonchev–Trinajstić information content (AvgIpc) is 2.91. The van der Waals surface area contributed by atoms with E-state index in [9.17, 15) is 13.2 Å². The summed E-state index contributed by atoms with van der Waals surface area (Å²) in [6.45, 7) is 3.84. The number of aryl methyl sites for hydroxylation is 1. The molecule has 7 heteroatoms. The van der Waals surface area contributed by atoms with E-state index in [1.165, 1.54) is 12.1 Å². The van der Waals surface area contributed by atoms with E-state index in [-0.39, 0.29) is 10.8 Å². The number of amides is 1. The van der Waals surface area contributed by atoms with Crippen LogP contribution in [0.1, 0.15) is 28.8 Å². The molecule has 1 atom stereocenters. The van der Waals surface area contributed by atoms with Crippen molar-refractivity contribution in [1.29, 1.82) is 0 Å². The molecule has 1 unspecified atom stereocenters. The fourth-order valence-corrected chi connectivity index (χ4v) is 2.86. The number of hydrogen-bond acceptors (Lipinski definition) is 4. The highest BCUT2D eigenvalue weighted by atomic mass is 32.2. The molecule has 1 amide bonds. The highest BCUT2D eigenvalue weighted by Gasteiger charge is 2.17.